The Labute approximate surface area is 124 Å². The van der Waals surface area contributed by atoms with Gasteiger partial charge in [-0.05, 0) is 56.2 Å². The van der Waals surface area contributed by atoms with Crippen LogP contribution in [0.3, 0.4) is 0 Å². The van der Waals surface area contributed by atoms with Crippen LogP contribution in [0.15, 0.2) is 48.5 Å². The van der Waals surface area contributed by atoms with Crippen molar-refractivity contribution >= 4 is 23.2 Å². The topological polar surface area (TPSA) is 29.1 Å². The molecule has 0 saturated carbocycles. The monoisotopic (exact) mass is 287 g/mol. The second-order valence-corrected chi connectivity index (χ2v) is 5.89. The normalized spacial score (nSPS) is 11.2. The lowest BCUT2D eigenvalue weighted by Crippen LogP contribution is -2.34. The SMILES string of the molecule is Cc1cccc(NC(=O)C(C)(C)c2ccc(Cl)cc2)c1. The van der Waals surface area contributed by atoms with Crippen LogP contribution < -0.4 is 5.32 Å². The number of carbonyl (C=O) groups excluding carboxylic acids is 1. The van der Waals surface area contributed by atoms with Gasteiger partial charge in [0, 0.05) is 10.7 Å². The van der Waals surface area contributed by atoms with Gasteiger partial charge in [0.05, 0.1) is 5.41 Å². The van der Waals surface area contributed by atoms with Gasteiger partial charge < -0.3 is 5.32 Å². The highest BCUT2D eigenvalue weighted by atomic mass is 35.5. The third-order valence-electron chi connectivity index (χ3n) is 3.41. The standard InChI is InChI=1S/C17H18ClNO/c1-12-5-4-6-15(11-12)19-16(20)17(2,3)13-7-9-14(18)10-8-13/h4-11H,1-3H3,(H,19,20). The summed E-state index contributed by atoms with van der Waals surface area (Å²) in [5.41, 5.74) is 2.25. The molecule has 2 nitrogen and oxygen atoms in total. The molecule has 20 heavy (non-hydrogen) atoms. The van der Waals surface area contributed by atoms with E-state index in [0.29, 0.717) is 5.02 Å². The third kappa shape index (κ3) is 3.20. The van der Waals surface area contributed by atoms with Crippen molar-refractivity contribution in [2.75, 3.05) is 5.32 Å². The number of carbonyl (C=O) groups is 1. The number of benzene rings is 2. The van der Waals surface area contributed by atoms with Crippen LogP contribution in [-0.4, -0.2) is 5.91 Å². The fourth-order valence-corrected chi connectivity index (χ4v) is 2.13. The molecular formula is C17H18ClNO. The summed E-state index contributed by atoms with van der Waals surface area (Å²) in [6.45, 7) is 5.81. The van der Waals surface area contributed by atoms with Crippen molar-refractivity contribution in [2.24, 2.45) is 0 Å². The molecule has 104 valence electrons. The predicted octanol–water partition coefficient (Wildman–Crippen LogP) is 4.56. The van der Waals surface area contributed by atoms with Crippen LogP contribution in [0.25, 0.3) is 0 Å². The van der Waals surface area contributed by atoms with Crippen molar-refractivity contribution in [3.05, 3.63) is 64.7 Å². The van der Waals surface area contributed by atoms with E-state index in [1.54, 1.807) is 12.1 Å². The number of hydrogen-bond donors (Lipinski definition) is 1. The Kier molecular flexibility index (Phi) is 4.15. The first-order chi connectivity index (χ1) is 9.39. The van der Waals surface area contributed by atoms with Crippen LogP contribution in [-0.2, 0) is 10.2 Å². The van der Waals surface area contributed by atoms with Gasteiger partial charge in [-0.3, -0.25) is 4.79 Å². The van der Waals surface area contributed by atoms with Gasteiger partial charge in [0.1, 0.15) is 0 Å². The highest BCUT2D eigenvalue weighted by molar-refractivity contribution is 6.30. The van der Waals surface area contributed by atoms with Crippen molar-refractivity contribution in [1.29, 1.82) is 0 Å². The van der Waals surface area contributed by atoms with Gasteiger partial charge in [0.2, 0.25) is 5.91 Å². The quantitative estimate of drug-likeness (QED) is 0.880. The Bertz CT molecular complexity index is 617. The third-order valence-corrected chi connectivity index (χ3v) is 3.66. The molecule has 2 aromatic carbocycles. The Morgan fingerprint density at radius 3 is 2.35 bits per heavy atom. The molecule has 0 bridgehead atoms. The van der Waals surface area contributed by atoms with Crippen LogP contribution in [0.1, 0.15) is 25.0 Å². The summed E-state index contributed by atoms with van der Waals surface area (Å²) in [6.07, 6.45) is 0. The Morgan fingerprint density at radius 2 is 1.75 bits per heavy atom. The van der Waals surface area contributed by atoms with E-state index in [1.807, 2.05) is 57.2 Å². The maximum Gasteiger partial charge on any atom is 0.234 e. The van der Waals surface area contributed by atoms with Crippen molar-refractivity contribution in [3.8, 4) is 0 Å². The fraction of sp³-hybridized carbons (Fsp3) is 0.235. The van der Waals surface area contributed by atoms with Gasteiger partial charge in [0.25, 0.3) is 0 Å². The first-order valence-corrected chi connectivity index (χ1v) is 6.91. The van der Waals surface area contributed by atoms with Crippen molar-refractivity contribution in [3.63, 3.8) is 0 Å². The second-order valence-electron chi connectivity index (χ2n) is 5.46. The van der Waals surface area contributed by atoms with E-state index in [0.717, 1.165) is 16.8 Å². The van der Waals surface area contributed by atoms with Gasteiger partial charge in [0.15, 0.2) is 0 Å². The van der Waals surface area contributed by atoms with Gasteiger partial charge in [-0.2, -0.15) is 0 Å². The fourth-order valence-electron chi connectivity index (χ4n) is 2.01. The molecule has 0 aliphatic heterocycles. The molecule has 0 radical (unpaired) electrons. The summed E-state index contributed by atoms with van der Waals surface area (Å²) in [5, 5.41) is 3.63. The predicted molar refractivity (Wildman–Crippen MR) is 84.3 cm³/mol. The zero-order chi connectivity index (χ0) is 14.8. The molecule has 2 rings (SSSR count). The lowest BCUT2D eigenvalue weighted by molar-refractivity contribution is -0.120. The molecule has 0 saturated heterocycles. The van der Waals surface area contributed by atoms with Crippen LogP contribution >= 0.6 is 11.6 Å². The van der Waals surface area contributed by atoms with Crippen molar-refractivity contribution < 1.29 is 4.79 Å². The van der Waals surface area contributed by atoms with E-state index >= 15 is 0 Å². The second kappa shape index (κ2) is 5.68. The molecule has 0 fully saturated rings. The lowest BCUT2D eigenvalue weighted by atomic mass is 9.83. The molecule has 0 unspecified atom stereocenters. The first-order valence-electron chi connectivity index (χ1n) is 6.54. The number of halogens is 1. The zero-order valence-electron chi connectivity index (χ0n) is 11.9. The van der Waals surface area contributed by atoms with Crippen LogP contribution in [0.5, 0.6) is 0 Å². The summed E-state index contributed by atoms with van der Waals surface area (Å²) in [4.78, 5) is 12.5. The van der Waals surface area contributed by atoms with Crippen molar-refractivity contribution in [2.45, 2.75) is 26.2 Å². The molecule has 0 aliphatic rings. The largest absolute Gasteiger partial charge is 0.325 e. The van der Waals surface area contributed by atoms with E-state index in [2.05, 4.69) is 5.32 Å². The number of hydrogen-bond acceptors (Lipinski definition) is 1. The van der Waals surface area contributed by atoms with Gasteiger partial charge in [-0.1, -0.05) is 35.9 Å². The summed E-state index contributed by atoms with van der Waals surface area (Å²) in [7, 11) is 0. The average Bonchev–Trinajstić information content (AvgIpc) is 2.39. The molecule has 0 heterocycles. The highest BCUT2D eigenvalue weighted by Crippen LogP contribution is 2.26. The minimum Gasteiger partial charge on any atom is -0.325 e. The summed E-state index contributed by atoms with van der Waals surface area (Å²) >= 11 is 5.89. The molecule has 0 aliphatic carbocycles. The van der Waals surface area contributed by atoms with E-state index < -0.39 is 5.41 Å². The maximum absolute atomic E-state index is 12.5. The highest BCUT2D eigenvalue weighted by Gasteiger charge is 2.29. The molecule has 0 spiro atoms. The molecule has 0 aromatic heterocycles. The van der Waals surface area contributed by atoms with Gasteiger partial charge in [-0.15, -0.1) is 0 Å². The van der Waals surface area contributed by atoms with Crippen molar-refractivity contribution in [1.82, 2.24) is 0 Å². The molecule has 1 N–H and O–H groups in total. The smallest absolute Gasteiger partial charge is 0.234 e. The van der Waals surface area contributed by atoms with Gasteiger partial charge >= 0.3 is 0 Å². The number of rotatable bonds is 3. The van der Waals surface area contributed by atoms with Crippen LogP contribution in [0, 0.1) is 6.92 Å². The Hall–Kier alpha value is -1.80. The number of aryl methyl sites for hydroxylation is 1. The van der Waals surface area contributed by atoms with E-state index in [4.69, 9.17) is 11.6 Å². The molecule has 0 atom stereocenters. The summed E-state index contributed by atoms with van der Waals surface area (Å²) < 4.78 is 0. The summed E-state index contributed by atoms with van der Waals surface area (Å²) in [5.74, 6) is -0.0366. The Morgan fingerprint density at radius 1 is 1.10 bits per heavy atom. The molecule has 3 heteroatoms. The maximum atomic E-state index is 12.5. The average molecular weight is 288 g/mol. The summed E-state index contributed by atoms with van der Waals surface area (Å²) in [6, 6.07) is 15.2. The molecule has 2 aromatic rings. The van der Waals surface area contributed by atoms with E-state index in [9.17, 15) is 4.79 Å². The number of anilines is 1. The zero-order valence-corrected chi connectivity index (χ0v) is 12.7. The van der Waals surface area contributed by atoms with Crippen LogP contribution in [0.4, 0.5) is 5.69 Å². The first kappa shape index (κ1) is 14.6. The lowest BCUT2D eigenvalue weighted by Gasteiger charge is -2.24. The number of nitrogens with one attached hydrogen (secondary N) is 1. The minimum absolute atomic E-state index is 0.0366. The molecule has 1 amide bonds. The van der Waals surface area contributed by atoms with E-state index in [-0.39, 0.29) is 5.91 Å². The number of amides is 1. The minimum atomic E-state index is -0.617. The molecular weight excluding hydrogens is 270 g/mol. The Balaban J connectivity index is 2.21. The van der Waals surface area contributed by atoms with Gasteiger partial charge in [-0.25, -0.2) is 0 Å². The van der Waals surface area contributed by atoms with E-state index in [1.165, 1.54) is 0 Å². The van der Waals surface area contributed by atoms with Crippen LogP contribution in [0.2, 0.25) is 5.02 Å².